The maximum Gasteiger partial charge on any atom is 0.356 e. The molecule has 3 aromatic heterocycles. The van der Waals surface area contributed by atoms with Gasteiger partial charge in [0.1, 0.15) is 6.33 Å². The SMILES string of the molecule is O=C(O)c1nc(-n2ccnc2)nn2cccc12. The summed E-state index contributed by atoms with van der Waals surface area (Å²) in [5.41, 5.74) is 0.426. The van der Waals surface area contributed by atoms with Crippen LogP contribution in [0.2, 0.25) is 0 Å². The normalized spacial score (nSPS) is 10.8. The molecule has 0 amide bonds. The van der Waals surface area contributed by atoms with Crippen molar-refractivity contribution in [2.45, 2.75) is 0 Å². The number of aromatic nitrogens is 5. The molecule has 7 heteroatoms. The van der Waals surface area contributed by atoms with Gasteiger partial charge in [-0.05, 0) is 12.1 Å². The van der Waals surface area contributed by atoms with Crippen LogP contribution in [0.5, 0.6) is 0 Å². The van der Waals surface area contributed by atoms with Gasteiger partial charge in [-0.25, -0.2) is 19.3 Å². The first kappa shape index (κ1) is 9.52. The summed E-state index contributed by atoms with van der Waals surface area (Å²) in [5.74, 6) is -0.818. The first-order valence-corrected chi connectivity index (χ1v) is 4.83. The third-order valence-electron chi connectivity index (χ3n) is 2.32. The fourth-order valence-corrected chi connectivity index (χ4v) is 1.57. The van der Waals surface area contributed by atoms with E-state index in [9.17, 15) is 4.79 Å². The number of hydrogen-bond donors (Lipinski definition) is 1. The zero-order valence-electron chi connectivity index (χ0n) is 8.56. The van der Waals surface area contributed by atoms with Crippen molar-refractivity contribution in [2.75, 3.05) is 0 Å². The average Bonchev–Trinajstić information content (AvgIpc) is 2.98. The highest BCUT2D eigenvalue weighted by Crippen LogP contribution is 2.10. The Balaban J connectivity index is 2.31. The number of fused-ring (bicyclic) bond motifs is 1. The highest BCUT2D eigenvalue weighted by atomic mass is 16.4. The Morgan fingerprint density at radius 1 is 1.35 bits per heavy atom. The molecule has 84 valence electrons. The summed E-state index contributed by atoms with van der Waals surface area (Å²) in [6, 6.07) is 3.37. The second-order valence-corrected chi connectivity index (χ2v) is 3.37. The highest BCUT2D eigenvalue weighted by molar-refractivity contribution is 5.93. The van der Waals surface area contributed by atoms with E-state index in [2.05, 4.69) is 15.1 Å². The molecule has 0 unspecified atom stereocenters. The summed E-state index contributed by atoms with van der Waals surface area (Å²) >= 11 is 0. The average molecular weight is 229 g/mol. The smallest absolute Gasteiger partial charge is 0.356 e. The second-order valence-electron chi connectivity index (χ2n) is 3.37. The number of imidazole rings is 1. The second kappa shape index (κ2) is 3.41. The van der Waals surface area contributed by atoms with Crippen molar-refractivity contribution in [2.24, 2.45) is 0 Å². The molecule has 1 N–H and O–H groups in total. The van der Waals surface area contributed by atoms with E-state index in [1.807, 2.05) is 0 Å². The van der Waals surface area contributed by atoms with Gasteiger partial charge in [0, 0.05) is 18.6 Å². The minimum Gasteiger partial charge on any atom is -0.476 e. The van der Waals surface area contributed by atoms with Crippen molar-refractivity contribution in [1.82, 2.24) is 24.1 Å². The number of nitrogens with zero attached hydrogens (tertiary/aromatic N) is 5. The quantitative estimate of drug-likeness (QED) is 0.696. The number of carbonyl (C=O) groups is 1. The Morgan fingerprint density at radius 2 is 2.24 bits per heavy atom. The summed E-state index contributed by atoms with van der Waals surface area (Å²) in [5, 5.41) is 13.3. The van der Waals surface area contributed by atoms with Crippen LogP contribution in [0.15, 0.2) is 37.1 Å². The van der Waals surface area contributed by atoms with Crippen LogP contribution in [-0.2, 0) is 0 Å². The van der Waals surface area contributed by atoms with Gasteiger partial charge >= 0.3 is 5.97 Å². The lowest BCUT2D eigenvalue weighted by Crippen LogP contribution is -2.11. The minimum absolute atomic E-state index is 0.0336. The zero-order chi connectivity index (χ0) is 11.8. The van der Waals surface area contributed by atoms with Gasteiger partial charge in [-0.3, -0.25) is 4.57 Å². The van der Waals surface area contributed by atoms with Crippen LogP contribution in [0.3, 0.4) is 0 Å². The number of carboxylic acids is 1. The van der Waals surface area contributed by atoms with Crippen LogP contribution in [0.25, 0.3) is 11.5 Å². The molecular weight excluding hydrogens is 222 g/mol. The molecule has 0 spiro atoms. The van der Waals surface area contributed by atoms with Crippen LogP contribution >= 0.6 is 0 Å². The van der Waals surface area contributed by atoms with Gasteiger partial charge < -0.3 is 5.11 Å². The molecule has 0 aliphatic heterocycles. The largest absolute Gasteiger partial charge is 0.476 e. The number of hydrogen-bond acceptors (Lipinski definition) is 4. The lowest BCUT2D eigenvalue weighted by molar-refractivity contribution is 0.0692. The van der Waals surface area contributed by atoms with Crippen molar-refractivity contribution in [3.63, 3.8) is 0 Å². The molecule has 3 heterocycles. The Morgan fingerprint density at radius 3 is 2.94 bits per heavy atom. The molecule has 7 nitrogen and oxygen atoms in total. The molecule has 0 fully saturated rings. The topological polar surface area (TPSA) is 85.3 Å². The lowest BCUT2D eigenvalue weighted by atomic mass is 10.4. The lowest BCUT2D eigenvalue weighted by Gasteiger charge is -2.03. The Bertz CT molecular complexity index is 686. The summed E-state index contributed by atoms with van der Waals surface area (Å²) in [7, 11) is 0. The molecular formula is C10H7N5O2. The molecule has 0 aliphatic carbocycles. The maximum atomic E-state index is 11.1. The van der Waals surface area contributed by atoms with Gasteiger partial charge in [0.15, 0.2) is 5.69 Å². The fraction of sp³-hybridized carbons (Fsp3) is 0. The van der Waals surface area contributed by atoms with E-state index >= 15 is 0 Å². The van der Waals surface area contributed by atoms with Crippen molar-refractivity contribution in [1.29, 1.82) is 0 Å². The van der Waals surface area contributed by atoms with Gasteiger partial charge in [0.25, 0.3) is 5.95 Å². The van der Waals surface area contributed by atoms with E-state index in [-0.39, 0.29) is 11.6 Å². The van der Waals surface area contributed by atoms with Crippen LogP contribution < -0.4 is 0 Å². The van der Waals surface area contributed by atoms with Crippen molar-refractivity contribution < 1.29 is 9.90 Å². The number of carboxylic acid groups (broad SMARTS) is 1. The van der Waals surface area contributed by atoms with E-state index in [0.29, 0.717) is 5.52 Å². The molecule has 0 bridgehead atoms. The van der Waals surface area contributed by atoms with E-state index < -0.39 is 5.97 Å². The molecule has 0 aromatic carbocycles. The van der Waals surface area contributed by atoms with E-state index in [1.54, 1.807) is 35.3 Å². The molecule has 0 saturated heterocycles. The van der Waals surface area contributed by atoms with Crippen molar-refractivity contribution in [3.05, 3.63) is 42.7 Å². The van der Waals surface area contributed by atoms with Gasteiger partial charge in [-0.15, -0.1) is 5.10 Å². The van der Waals surface area contributed by atoms with Crippen LogP contribution in [0, 0.1) is 0 Å². The Kier molecular flexibility index (Phi) is 1.91. The van der Waals surface area contributed by atoms with Crippen molar-refractivity contribution >= 4 is 11.5 Å². The predicted molar refractivity (Wildman–Crippen MR) is 57.1 cm³/mol. The van der Waals surface area contributed by atoms with Crippen LogP contribution in [-0.4, -0.2) is 35.2 Å². The summed E-state index contributed by atoms with van der Waals surface area (Å²) < 4.78 is 3.03. The summed E-state index contributed by atoms with van der Waals surface area (Å²) in [6.07, 6.45) is 6.40. The Hall–Kier alpha value is -2.70. The van der Waals surface area contributed by atoms with Crippen molar-refractivity contribution in [3.8, 4) is 5.95 Å². The summed E-state index contributed by atoms with van der Waals surface area (Å²) in [4.78, 5) is 19.0. The van der Waals surface area contributed by atoms with Gasteiger partial charge in [-0.2, -0.15) is 0 Å². The third kappa shape index (κ3) is 1.44. The number of aromatic carboxylic acids is 1. The molecule has 0 aliphatic rings. The first-order chi connectivity index (χ1) is 8.25. The number of rotatable bonds is 2. The molecule has 17 heavy (non-hydrogen) atoms. The molecule has 3 rings (SSSR count). The van der Waals surface area contributed by atoms with E-state index in [0.717, 1.165) is 0 Å². The fourth-order valence-electron chi connectivity index (χ4n) is 1.57. The maximum absolute atomic E-state index is 11.1. The van der Waals surface area contributed by atoms with Gasteiger partial charge in [0.05, 0.1) is 5.52 Å². The third-order valence-corrected chi connectivity index (χ3v) is 2.32. The van der Waals surface area contributed by atoms with Gasteiger partial charge in [-0.1, -0.05) is 0 Å². The van der Waals surface area contributed by atoms with Crippen LogP contribution in [0.4, 0.5) is 0 Å². The molecule has 0 radical (unpaired) electrons. The molecule has 0 atom stereocenters. The zero-order valence-corrected chi connectivity index (χ0v) is 8.56. The van der Waals surface area contributed by atoms with E-state index in [4.69, 9.17) is 5.11 Å². The minimum atomic E-state index is -1.09. The Labute approximate surface area is 95.0 Å². The highest BCUT2D eigenvalue weighted by Gasteiger charge is 2.14. The van der Waals surface area contributed by atoms with E-state index in [1.165, 1.54) is 10.8 Å². The summed E-state index contributed by atoms with van der Waals surface area (Å²) in [6.45, 7) is 0. The monoisotopic (exact) mass is 229 g/mol. The molecule has 0 saturated carbocycles. The first-order valence-electron chi connectivity index (χ1n) is 4.83. The van der Waals surface area contributed by atoms with Gasteiger partial charge in [0.2, 0.25) is 0 Å². The van der Waals surface area contributed by atoms with Crippen LogP contribution in [0.1, 0.15) is 10.5 Å². The predicted octanol–water partition coefficient (Wildman–Crippen LogP) is 0.613. The molecule has 3 aromatic rings. The standard InChI is InChI=1S/C10H7N5O2/c16-9(17)8-7-2-1-4-15(7)13-10(12-8)14-5-3-11-6-14/h1-6H,(H,16,17).